The van der Waals surface area contributed by atoms with Gasteiger partial charge in [-0.15, -0.1) is 0 Å². The zero-order chi connectivity index (χ0) is 13.1. The van der Waals surface area contributed by atoms with Gasteiger partial charge in [-0.25, -0.2) is 4.68 Å². The zero-order valence-corrected chi connectivity index (χ0v) is 9.53. The number of nitrogens with one attached hydrogen (secondary N) is 1. The van der Waals surface area contributed by atoms with E-state index in [9.17, 15) is 14.9 Å². The Balaban J connectivity index is 2.59. The second-order valence-electron chi connectivity index (χ2n) is 3.49. The molecule has 0 fully saturated rings. The SMILES string of the molecule is CNC(=O)c1cc([N+](=O)[O-])ccc1-n1cccn1. The quantitative estimate of drug-likeness (QED) is 0.649. The number of benzene rings is 1. The average molecular weight is 246 g/mol. The summed E-state index contributed by atoms with van der Waals surface area (Å²) in [6.07, 6.45) is 3.22. The maximum absolute atomic E-state index is 11.7. The van der Waals surface area contributed by atoms with Crippen LogP contribution in [-0.4, -0.2) is 27.7 Å². The lowest BCUT2D eigenvalue weighted by molar-refractivity contribution is -0.384. The van der Waals surface area contributed by atoms with Crippen LogP contribution in [0.25, 0.3) is 5.69 Å². The van der Waals surface area contributed by atoms with Crippen molar-refractivity contribution < 1.29 is 9.72 Å². The summed E-state index contributed by atoms with van der Waals surface area (Å²) in [7, 11) is 1.47. The van der Waals surface area contributed by atoms with Gasteiger partial charge in [0, 0.05) is 31.6 Å². The molecule has 2 aromatic rings. The fourth-order valence-electron chi connectivity index (χ4n) is 1.57. The number of nitrogens with zero attached hydrogens (tertiary/aromatic N) is 3. The molecule has 7 heteroatoms. The fourth-order valence-corrected chi connectivity index (χ4v) is 1.57. The Morgan fingerprint density at radius 3 is 2.83 bits per heavy atom. The van der Waals surface area contributed by atoms with Crippen molar-refractivity contribution in [1.29, 1.82) is 0 Å². The average Bonchev–Trinajstić information content (AvgIpc) is 2.90. The van der Waals surface area contributed by atoms with Gasteiger partial charge in [0.15, 0.2) is 0 Å². The van der Waals surface area contributed by atoms with Crippen molar-refractivity contribution in [1.82, 2.24) is 15.1 Å². The third kappa shape index (κ3) is 2.05. The minimum atomic E-state index is -0.542. The third-order valence-electron chi connectivity index (χ3n) is 2.41. The predicted octanol–water partition coefficient (Wildman–Crippen LogP) is 1.14. The van der Waals surface area contributed by atoms with Gasteiger partial charge in [0.25, 0.3) is 11.6 Å². The second kappa shape index (κ2) is 4.66. The van der Waals surface area contributed by atoms with E-state index in [0.29, 0.717) is 5.69 Å². The third-order valence-corrected chi connectivity index (χ3v) is 2.41. The van der Waals surface area contributed by atoms with E-state index in [1.807, 2.05) is 0 Å². The predicted molar refractivity (Wildman–Crippen MR) is 63.6 cm³/mol. The molecule has 0 aliphatic heterocycles. The van der Waals surface area contributed by atoms with E-state index in [0.717, 1.165) is 0 Å². The Bertz CT molecular complexity index is 592. The van der Waals surface area contributed by atoms with Crippen LogP contribution in [0.4, 0.5) is 5.69 Å². The van der Waals surface area contributed by atoms with Crippen molar-refractivity contribution >= 4 is 11.6 Å². The van der Waals surface area contributed by atoms with Gasteiger partial charge >= 0.3 is 0 Å². The highest BCUT2D eigenvalue weighted by molar-refractivity contribution is 5.98. The highest BCUT2D eigenvalue weighted by Gasteiger charge is 2.17. The fraction of sp³-hybridized carbons (Fsp3) is 0.0909. The molecule has 1 aromatic carbocycles. The van der Waals surface area contributed by atoms with Crippen LogP contribution in [0.3, 0.4) is 0 Å². The molecule has 0 aliphatic carbocycles. The van der Waals surface area contributed by atoms with E-state index in [1.165, 1.54) is 29.9 Å². The van der Waals surface area contributed by atoms with Gasteiger partial charge in [0.05, 0.1) is 16.2 Å². The van der Waals surface area contributed by atoms with Gasteiger partial charge in [-0.1, -0.05) is 0 Å². The van der Waals surface area contributed by atoms with Gasteiger partial charge in [-0.2, -0.15) is 5.10 Å². The van der Waals surface area contributed by atoms with Crippen molar-refractivity contribution in [3.8, 4) is 5.69 Å². The molecule has 1 aromatic heterocycles. The minimum Gasteiger partial charge on any atom is -0.355 e. The number of hydrogen-bond donors (Lipinski definition) is 1. The molecule has 0 spiro atoms. The summed E-state index contributed by atoms with van der Waals surface area (Å²) < 4.78 is 1.48. The van der Waals surface area contributed by atoms with Crippen LogP contribution < -0.4 is 5.32 Å². The summed E-state index contributed by atoms with van der Waals surface area (Å²) in [5, 5.41) is 17.2. The first kappa shape index (κ1) is 11.8. The first-order chi connectivity index (χ1) is 8.63. The minimum absolute atomic E-state index is 0.135. The molecule has 0 radical (unpaired) electrons. The van der Waals surface area contributed by atoms with E-state index < -0.39 is 10.8 Å². The number of rotatable bonds is 3. The maximum Gasteiger partial charge on any atom is 0.270 e. The lowest BCUT2D eigenvalue weighted by Crippen LogP contribution is -2.20. The lowest BCUT2D eigenvalue weighted by atomic mass is 10.1. The highest BCUT2D eigenvalue weighted by Crippen LogP contribution is 2.20. The number of carbonyl (C=O) groups is 1. The molecule has 18 heavy (non-hydrogen) atoms. The molecule has 0 unspecified atom stereocenters. The summed E-state index contributed by atoms with van der Waals surface area (Å²) in [6, 6.07) is 5.77. The van der Waals surface area contributed by atoms with E-state index in [4.69, 9.17) is 0 Å². The van der Waals surface area contributed by atoms with Gasteiger partial charge in [0.1, 0.15) is 0 Å². The standard InChI is InChI=1S/C11H10N4O3/c1-12-11(16)9-7-8(15(17)18)3-4-10(9)14-6-2-5-13-14/h2-7H,1H3,(H,12,16). The Kier molecular flexibility index (Phi) is 3.05. The number of aromatic nitrogens is 2. The Labute approximate surface area is 102 Å². The van der Waals surface area contributed by atoms with Gasteiger partial charge < -0.3 is 5.32 Å². The number of non-ortho nitro benzene ring substituents is 1. The van der Waals surface area contributed by atoms with Crippen LogP contribution in [0.15, 0.2) is 36.7 Å². The summed E-state index contributed by atoms with van der Waals surface area (Å²) in [5.41, 5.74) is 0.560. The number of nitro benzene ring substituents is 1. The van der Waals surface area contributed by atoms with Crippen LogP contribution in [0.1, 0.15) is 10.4 Å². The number of carbonyl (C=O) groups excluding carboxylic acids is 1. The number of amides is 1. The molecule has 1 amide bonds. The zero-order valence-electron chi connectivity index (χ0n) is 9.53. The first-order valence-electron chi connectivity index (χ1n) is 5.14. The summed E-state index contributed by atoms with van der Waals surface area (Å²) in [5.74, 6) is -0.399. The Hall–Kier alpha value is -2.70. The summed E-state index contributed by atoms with van der Waals surface area (Å²) in [4.78, 5) is 21.9. The molecule has 92 valence electrons. The van der Waals surface area contributed by atoms with E-state index in [2.05, 4.69) is 10.4 Å². The molecule has 0 bridgehead atoms. The monoisotopic (exact) mass is 246 g/mol. The van der Waals surface area contributed by atoms with Crippen molar-refractivity contribution in [2.75, 3.05) is 7.05 Å². The summed E-state index contributed by atoms with van der Waals surface area (Å²) >= 11 is 0. The maximum atomic E-state index is 11.7. The molecule has 1 N–H and O–H groups in total. The van der Waals surface area contributed by atoms with Crippen LogP contribution in [0, 0.1) is 10.1 Å². The Morgan fingerprint density at radius 2 is 2.28 bits per heavy atom. The van der Waals surface area contributed by atoms with Crippen molar-refractivity contribution in [3.05, 3.63) is 52.3 Å². The van der Waals surface area contributed by atoms with Crippen LogP contribution in [0.5, 0.6) is 0 Å². The lowest BCUT2D eigenvalue weighted by Gasteiger charge is -2.08. The highest BCUT2D eigenvalue weighted by atomic mass is 16.6. The summed E-state index contributed by atoms with van der Waals surface area (Å²) in [6.45, 7) is 0. The molecule has 0 saturated heterocycles. The number of hydrogen-bond acceptors (Lipinski definition) is 4. The van der Waals surface area contributed by atoms with Crippen LogP contribution in [-0.2, 0) is 0 Å². The second-order valence-corrected chi connectivity index (χ2v) is 3.49. The molecule has 7 nitrogen and oxygen atoms in total. The Morgan fingerprint density at radius 1 is 1.50 bits per heavy atom. The molecular weight excluding hydrogens is 236 g/mol. The van der Waals surface area contributed by atoms with Crippen molar-refractivity contribution in [3.63, 3.8) is 0 Å². The van der Waals surface area contributed by atoms with E-state index in [1.54, 1.807) is 18.5 Å². The van der Waals surface area contributed by atoms with Gasteiger partial charge in [-0.3, -0.25) is 14.9 Å². The van der Waals surface area contributed by atoms with E-state index in [-0.39, 0.29) is 11.3 Å². The first-order valence-corrected chi connectivity index (χ1v) is 5.14. The molecule has 0 aliphatic rings. The van der Waals surface area contributed by atoms with Crippen LogP contribution >= 0.6 is 0 Å². The molecule has 1 heterocycles. The molecule has 0 atom stereocenters. The van der Waals surface area contributed by atoms with Gasteiger partial charge in [-0.05, 0) is 12.1 Å². The van der Waals surface area contributed by atoms with Crippen molar-refractivity contribution in [2.24, 2.45) is 0 Å². The van der Waals surface area contributed by atoms with Crippen molar-refractivity contribution in [2.45, 2.75) is 0 Å². The molecular formula is C11H10N4O3. The molecule has 0 saturated carbocycles. The van der Waals surface area contributed by atoms with E-state index >= 15 is 0 Å². The number of nitro groups is 1. The largest absolute Gasteiger partial charge is 0.355 e. The van der Waals surface area contributed by atoms with Gasteiger partial charge in [0.2, 0.25) is 0 Å². The van der Waals surface area contributed by atoms with Crippen LogP contribution in [0.2, 0.25) is 0 Å². The normalized spacial score (nSPS) is 10.1. The smallest absolute Gasteiger partial charge is 0.270 e. The topological polar surface area (TPSA) is 90.1 Å². The molecule has 2 rings (SSSR count).